The Morgan fingerprint density at radius 1 is 1.42 bits per heavy atom. The van der Waals surface area contributed by atoms with Crippen LogP contribution in [0.1, 0.15) is 18.4 Å². The van der Waals surface area contributed by atoms with Gasteiger partial charge in [0.2, 0.25) is 0 Å². The van der Waals surface area contributed by atoms with E-state index < -0.39 is 0 Å². The number of nitrogens with one attached hydrogen (secondary N) is 1. The second kappa shape index (κ2) is 6.63. The van der Waals surface area contributed by atoms with Crippen molar-refractivity contribution in [3.05, 3.63) is 39.9 Å². The van der Waals surface area contributed by atoms with Gasteiger partial charge >= 0.3 is 0 Å². The lowest BCUT2D eigenvalue weighted by Gasteiger charge is -2.20. The number of hydrogen-bond acceptors (Lipinski definition) is 4. The lowest BCUT2D eigenvalue weighted by Crippen LogP contribution is -2.36. The summed E-state index contributed by atoms with van der Waals surface area (Å²) in [6.45, 7) is 3.20. The van der Waals surface area contributed by atoms with Crippen LogP contribution in [0.15, 0.2) is 24.3 Å². The third kappa shape index (κ3) is 4.29. The minimum atomic E-state index is -0.359. The minimum absolute atomic E-state index is 0.160. The van der Waals surface area contributed by atoms with Crippen LogP contribution >= 0.6 is 0 Å². The molecule has 2 rings (SSSR count). The van der Waals surface area contributed by atoms with E-state index in [1.165, 1.54) is 12.8 Å². The van der Waals surface area contributed by atoms with Gasteiger partial charge in [-0.3, -0.25) is 10.1 Å². The Labute approximate surface area is 113 Å². The summed E-state index contributed by atoms with van der Waals surface area (Å²) in [5.74, 6) is 0. The minimum Gasteiger partial charge on any atom is -0.313 e. The van der Waals surface area contributed by atoms with E-state index in [1.54, 1.807) is 12.1 Å². The van der Waals surface area contributed by atoms with Gasteiger partial charge in [0.1, 0.15) is 0 Å². The van der Waals surface area contributed by atoms with Crippen molar-refractivity contribution in [3.63, 3.8) is 0 Å². The van der Waals surface area contributed by atoms with E-state index >= 15 is 0 Å². The normalized spacial score (nSPS) is 18.9. The first-order valence-corrected chi connectivity index (χ1v) is 6.80. The van der Waals surface area contributed by atoms with Crippen molar-refractivity contribution < 1.29 is 4.92 Å². The third-order valence-electron chi connectivity index (χ3n) is 3.62. The number of nitro groups is 1. The molecule has 1 aromatic carbocycles. The van der Waals surface area contributed by atoms with Crippen molar-refractivity contribution in [3.8, 4) is 0 Å². The van der Waals surface area contributed by atoms with Crippen LogP contribution in [-0.4, -0.2) is 42.5 Å². The average Bonchev–Trinajstić information content (AvgIpc) is 2.89. The lowest BCUT2D eigenvalue weighted by molar-refractivity contribution is -0.384. The fourth-order valence-corrected chi connectivity index (χ4v) is 2.48. The van der Waals surface area contributed by atoms with E-state index in [0.717, 1.165) is 31.6 Å². The van der Waals surface area contributed by atoms with Crippen molar-refractivity contribution in [1.29, 1.82) is 0 Å². The van der Waals surface area contributed by atoms with Gasteiger partial charge < -0.3 is 10.2 Å². The van der Waals surface area contributed by atoms with Crippen LogP contribution in [0.4, 0.5) is 5.69 Å². The molecule has 1 aliphatic rings. The SMILES string of the molecule is CN(CCc1ccc([N+](=O)[O-])cc1)CC1CCCN1. The first-order chi connectivity index (χ1) is 9.15. The molecule has 0 amide bonds. The monoisotopic (exact) mass is 263 g/mol. The average molecular weight is 263 g/mol. The smallest absolute Gasteiger partial charge is 0.269 e. The van der Waals surface area contributed by atoms with Gasteiger partial charge in [0.25, 0.3) is 5.69 Å². The number of nitro benzene ring substituents is 1. The molecule has 0 spiro atoms. The molecule has 1 unspecified atom stereocenters. The summed E-state index contributed by atoms with van der Waals surface area (Å²) in [6.07, 6.45) is 3.48. The van der Waals surface area contributed by atoms with Crippen LogP contribution in [0.5, 0.6) is 0 Å². The molecule has 0 bridgehead atoms. The molecule has 19 heavy (non-hydrogen) atoms. The van der Waals surface area contributed by atoms with Crippen LogP contribution < -0.4 is 5.32 Å². The highest BCUT2D eigenvalue weighted by Gasteiger charge is 2.15. The summed E-state index contributed by atoms with van der Waals surface area (Å²) in [4.78, 5) is 12.5. The zero-order valence-corrected chi connectivity index (χ0v) is 11.3. The molecule has 1 N–H and O–H groups in total. The standard InChI is InChI=1S/C14H21N3O2/c1-16(11-13-3-2-9-15-13)10-8-12-4-6-14(7-5-12)17(18)19/h4-7,13,15H,2-3,8-11H2,1H3. The summed E-state index contributed by atoms with van der Waals surface area (Å²) in [5.41, 5.74) is 1.31. The number of likely N-dealkylation sites (N-methyl/N-ethyl adjacent to an activating group) is 1. The molecule has 1 heterocycles. The molecule has 1 aliphatic heterocycles. The van der Waals surface area contributed by atoms with Gasteiger partial charge in [0.05, 0.1) is 4.92 Å². The van der Waals surface area contributed by atoms with Crippen molar-refractivity contribution in [1.82, 2.24) is 10.2 Å². The fraction of sp³-hybridized carbons (Fsp3) is 0.571. The topological polar surface area (TPSA) is 58.4 Å². The zero-order chi connectivity index (χ0) is 13.7. The molecule has 5 heteroatoms. The molecular formula is C14H21N3O2. The highest BCUT2D eigenvalue weighted by molar-refractivity contribution is 5.32. The molecule has 104 valence electrons. The second-order valence-electron chi connectivity index (χ2n) is 5.23. The van der Waals surface area contributed by atoms with Crippen LogP contribution in [0.25, 0.3) is 0 Å². The molecule has 0 radical (unpaired) electrons. The maximum absolute atomic E-state index is 10.6. The molecule has 0 saturated carbocycles. The van der Waals surface area contributed by atoms with Crippen LogP contribution in [0, 0.1) is 10.1 Å². The lowest BCUT2D eigenvalue weighted by atomic mass is 10.1. The Morgan fingerprint density at radius 2 is 2.16 bits per heavy atom. The fourth-order valence-electron chi connectivity index (χ4n) is 2.48. The van der Waals surface area contributed by atoms with E-state index in [9.17, 15) is 10.1 Å². The van der Waals surface area contributed by atoms with Gasteiger partial charge in [-0.05, 0) is 38.4 Å². The predicted octanol–water partition coefficient (Wildman–Crippen LogP) is 1.82. The van der Waals surface area contributed by atoms with Gasteiger partial charge in [0, 0.05) is 31.3 Å². The Balaban J connectivity index is 1.76. The van der Waals surface area contributed by atoms with Crippen LogP contribution in [-0.2, 0) is 6.42 Å². The number of non-ortho nitro benzene ring substituents is 1. The molecule has 0 aliphatic carbocycles. The summed E-state index contributed by atoms with van der Waals surface area (Å²) >= 11 is 0. The maximum atomic E-state index is 10.6. The Hall–Kier alpha value is -1.46. The summed E-state index contributed by atoms with van der Waals surface area (Å²) in [7, 11) is 2.13. The Bertz CT molecular complexity index is 413. The highest BCUT2D eigenvalue weighted by atomic mass is 16.6. The van der Waals surface area contributed by atoms with E-state index in [0.29, 0.717) is 6.04 Å². The van der Waals surface area contributed by atoms with E-state index in [1.807, 2.05) is 12.1 Å². The highest BCUT2D eigenvalue weighted by Crippen LogP contribution is 2.13. The molecule has 5 nitrogen and oxygen atoms in total. The quantitative estimate of drug-likeness (QED) is 0.628. The van der Waals surface area contributed by atoms with E-state index in [2.05, 4.69) is 17.3 Å². The van der Waals surface area contributed by atoms with E-state index in [-0.39, 0.29) is 10.6 Å². The van der Waals surface area contributed by atoms with Gasteiger partial charge in [0.15, 0.2) is 0 Å². The van der Waals surface area contributed by atoms with E-state index in [4.69, 9.17) is 0 Å². The van der Waals surface area contributed by atoms with Gasteiger partial charge in [-0.2, -0.15) is 0 Å². The number of benzene rings is 1. The largest absolute Gasteiger partial charge is 0.313 e. The van der Waals surface area contributed by atoms with Gasteiger partial charge in [-0.25, -0.2) is 0 Å². The van der Waals surface area contributed by atoms with Crippen molar-refractivity contribution in [2.24, 2.45) is 0 Å². The Kier molecular flexibility index (Phi) is 4.87. The molecule has 1 atom stereocenters. The maximum Gasteiger partial charge on any atom is 0.269 e. The first kappa shape index (κ1) is 14.0. The Morgan fingerprint density at radius 3 is 2.74 bits per heavy atom. The second-order valence-corrected chi connectivity index (χ2v) is 5.23. The number of hydrogen-bond donors (Lipinski definition) is 1. The van der Waals surface area contributed by atoms with Crippen molar-refractivity contribution in [2.45, 2.75) is 25.3 Å². The summed E-state index contributed by atoms with van der Waals surface area (Å²) in [6, 6.07) is 7.48. The van der Waals surface area contributed by atoms with Crippen LogP contribution in [0.2, 0.25) is 0 Å². The van der Waals surface area contributed by atoms with Gasteiger partial charge in [-0.1, -0.05) is 12.1 Å². The van der Waals surface area contributed by atoms with Gasteiger partial charge in [-0.15, -0.1) is 0 Å². The molecule has 1 fully saturated rings. The molecule has 1 saturated heterocycles. The third-order valence-corrected chi connectivity index (χ3v) is 3.62. The number of rotatable bonds is 6. The van der Waals surface area contributed by atoms with Crippen LogP contribution in [0.3, 0.4) is 0 Å². The molecule has 0 aromatic heterocycles. The molecular weight excluding hydrogens is 242 g/mol. The summed E-state index contributed by atoms with van der Waals surface area (Å²) in [5, 5.41) is 14.1. The van der Waals surface area contributed by atoms with Crippen molar-refractivity contribution in [2.75, 3.05) is 26.7 Å². The first-order valence-electron chi connectivity index (χ1n) is 6.80. The van der Waals surface area contributed by atoms with Crippen molar-refractivity contribution >= 4 is 5.69 Å². The predicted molar refractivity (Wildman–Crippen MR) is 75.3 cm³/mol. The number of nitrogens with zero attached hydrogens (tertiary/aromatic N) is 2. The molecule has 1 aromatic rings. The zero-order valence-electron chi connectivity index (χ0n) is 11.3. The summed E-state index contributed by atoms with van der Waals surface area (Å²) < 4.78 is 0.